The van der Waals surface area contributed by atoms with Crippen LogP contribution in [-0.4, -0.2) is 11.2 Å². The topological polar surface area (TPSA) is 45.2 Å². The summed E-state index contributed by atoms with van der Waals surface area (Å²) in [7, 11) is 0. The molecule has 3 nitrogen and oxygen atoms in total. The zero-order chi connectivity index (χ0) is 20.4. The van der Waals surface area contributed by atoms with Crippen molar-refractivity contribution in [3.8, 4) is 0 Å². The Bertz CT molecular complexity index is 1100. The number of H-pyrrole nitrogens is 1. The van der Waals surface area contributed by atoms with Crippen molar-refractivity contribution in [3.63, 3.8) is 0 Å². The average Bonchev–Trinajstić information content (AvgIpc) is 2.70. The van der Waals surface area contributed by atoms with E-state index in [9.17, 15) is 4.79 Å². The predicted octanol–water partition coefficient (Wildman–Crippen LogP) is 5.39. The molecule has 0 radical (unpaired) electrons. The number of aliphatic imine (C=N–C) groups is 1. The Hall–Kier alpha value is -2.94. The van der Waals surface area contributed by atoms with Crippen LogP contribution < -0.4 is 5.56 Å². The lowest BCUT2D eigenvalue weighted by molar-refractivity contribution is 0.413. The van der Waals surface area contributed by atoms with Gasteiger partial charge in [-0.25, -0.2) is 0 Å². The first kappa shape index (κ1) is 19.4. The Balaban J connectivity index is 1.74. The van der Waals surface area contributed by atoms with Crippen LogP contribution in [0.2, 0.25) is 0 Å². The molecule has 0 aliphatic heterocycles. The van der Waals surface area contributed by atoms with E-state index >= 15 is 0 Å². The first-order chi connectivity index (χ1) is 14.1. The van der Waals surface area contributed by atoms with Crippen molar-refractivity contribution in [3.05, 3.63) is 98.5 Å². The highest BCUT2D eigenvalue weighted by Crippen LogP contribution is 2.51. The molecule has 1 aromatic heterocycles. The maximum Gasteiger partial charge on any atom is 0.248 e. The maximum atomic E-state index is 11.9. The zero-order valence-corrected chi connectivity index (χ0v) is 17.4. The zero-order valence-electron chi connectivity index (χ0n) is 17.4. The van der Waals surface area contributed by atoms with Crippen molar-refractivity contribution in [2.75, 3.05) is 0 Å². The van der Waals surface area contributed by atoms with Gasteiger partial charge in [-0.2, -0.15) is 0 Å². The van der Waals surface area contributed by atoms with Gasteiger partial charge in [0, 0.05) is 35.9 Å². The molecule has 0 saturated heterocycles. The lowest BCUT2D eigenvalue weighted by Crippen LogP contribution is -2.40. The van der Waals surface area contributed by atoms with Gasteiger partial charge >= 0.3 is 0 Å². The van der Waals surface area contributed by atoms with Gasteiger partial charge in [0.05, 0.1) is 0 Å². The lowest BCUT2D eigenvalue weighted by atomic mass is 9.63. The van der Waals surface area contributed by atoms with E-state index in [0.717, 1.165) is 30.5 Å². The summed E-state index contributed by atoms with van der Waals surface area (Å²) in [6.07, 6.45) is 13.3. The number of nitrogens with one attached hydrogen (secondary N) is 1. The number of hydrogen-bond donors (Lipinski definition) is 1. The molecule has 1 aromatic carbocycles. The molecule has 2 unspecified atom stereocenters. The number of allylic oxidation sites excluding steroid dienone is 3. The minimum atomic E-state index is -0.425. The van der Waals surface area contributed by atoms with Gasteiger partial charge in [0.1, 0.15) is 5.54 Å². The van der Waals surface area contributed by atoms with E-state index in [2.05, 4.69) is 68.2 Å². The monoisotopic (exact) mass is 384 g/mol. The van der Waals surface area contributed by atoms with E-state index in [0.29, 0.717) is 5.92 Å². The van der Waals surface area contributed by atoms with E-state index in [1.54, 1.807) is 6.07 Å². The second-order valence-electron chi connectivity index (χ2n) is 8.06. The number of benzene rings is 1. The van der Waals surface area contributed by atoms with Gasteiger partial charge in [0.25, 0.3) is 0 Å². The van der Waals surface area contributed by atoms with Gasteiger partial charge in [-0.15, -0.1) is 0 Å². The normalized spacial score (nSPS) is 24.9. The highest BCUT2D eigenvalue weighted by atomic mass is 16.1. The molecule has 0 amide bonds. The highest BCUT2D eigenvalue weighted by Gasteiger charge is 2.46. The molecular weight excluding hydrogens is 356 g/mol. The number of fused-ring (bicyclic) bond motifs is 4. The Morgan fingerprint density at radius 2 is 2.14 bits per heavy atom. The number of pyridine rings is 1. The summed E-state index contributed by atoms with van der Waals surface area (Å²) < 4.78 is 0. The second-order valence-corrected chi connectivity index (χ2v) is 8.06. The molecule has 148 valence electrons. The third-order valence-electron chi connectivity index (χ3n) is 6.11. The number of aryl methyl sites for hydroxylation is 1. The van der Waals surface area contributed by atoms with Crippen LogP contribution in [0.1, 0.15) is 49.6 Å². The van der Waals surface area contributed by atoms with Gasteiger partial charge in [0.2, 0.25) is 5.56 Å². The number of nitrogens with zero attached hydrogens (tertiary/aromatic N) is 1. The molecule has 4 rings (SSSR count). The fraction of sp³-hybridized carbons (Fsp3) is 0.308. The SMILES string of the molecule is C/C=C1\C2C=C(C)CC1(/N=C/C=C/c1cccc(CC)c1)c1ccc(=O)[nH]c1C2. The van der Waals surface area contributed by atoms with Gasteiger partial charge in [-0.05, 0) is 55.5 Å². The van der Waals surface area contributed by atoms with E-state index in [1.165, 1.54) is 22.3 Å². The van der Waals surface area contributed by atoms with Crippen molar-refractivity contribution in [2.45, 2.75) is 45.6 Å². The van der Waals surface area contributed by atoms with Crippen LogP contribution in [-0.2, 0) is 18.4 Å². The Kier molecular flexibility index (Phi) is 5.23. The minimum absolute atomic E-state index is 0.0405. The van der Waals surface area contributed by atoms with Crippen molar-refractivity contribution in [1.29, 1.82) is 0 Å². The first-order valence-electron chi connectivity index (χ1n) is 10.4. The summed E-state index contributed by atoms with van der Waals surface area (Å²) in [6, 6.07) is 12.2. The van der Waals surface area contributed by atoms with Crippen LogP contribution in [0.25, 0.3) is 6.08 Å². The summed E-state index contributed by atoms with van der Waals surface area (Å²) in [5.41, 5.74) is 6.90. The van der Waals surface area contributed by atoms with Gasteiger partial charge in [-0.3, -0.25) is 9.79 Å². The fourth-order valence-electron chi connectivity index (χ4n) is 4.89. The molecule has 0 spiro atoms. The van der Waals surface area contributed by atoms with Gasteiger partial charge < -0.3 is 4.98 Å². The number of hydrogen-bond acceptors (Lipinski definition) is 2. The molecule has 3 heteroatoms. The van der Waals surface area contributed by atoms with E-state index in [1.807, 2.05) is 18.4 Å². The van der Waals surface area contributed by atoms with E-state index in [4.69, 9.17) is 4.99 Å². The summed E-state index contributed by atoms with van der Waals surface area (Å²) in [5.74, 6) is 0.293. The van der Waals surface area contributed by atoms with Gasteiger partial charge in [-0.1, -0.05) is 55.0 Å². The molecule has 0 saturated carbocycles. The molecule has 2 atom stereocenters. The predicted molar refractivity (Wildman–Crippen MR) is 121 cm³/mol. The molecular formula is C26H28N2O. The molecule has 1 N–H and O–H groups in total. The third kappa shape index (κ3) is 3.57. The molecule has 0 fully saturated rings. The van der Waals surface area contributed by atoms with Gasteiger partial charge in [0.15, 0.2) is 0 Å². The van der Waals surface area contributed by atoms with Crippen molar-refractivity contribution < 1.29 is 0 Å². The molecule has 2 aliphatic rings. The Labute approximate surface area is 172 Å². The summed E-state index contributed by atoms with van der Waals surface area (Å²) >= 11 is 0. The molecule has 2 bridgehead atoms. The van der Waals surface area contributed by atoms with Crippen LogP contribution in [0, 0.1) is 5.92 Å². The van der Waals surface area contributed by atoms with Crippen molar-refractivity contribution >= 4 is 12.3 Å². The van der Waals surface area contributed by atoms with E-state index < -0.39 is 5.54 Å². The minimum Gasteiger partial charge on any atom is -0.326 e. The number of rotatable bonds is 4. The van der Waals surface area contributed by atoms with Crippen molar-refractivity contribution in [1.82, 2.24) is 4.98 Å². The second kappa shape index (κ2) is 7.82. The van der Waals surface area contributed by atoms with Crippen LogP contribution in [0.3, 0.4) is 0 Å². The smallest absolute Gasteiger partial charge is 0.248 e. The quantitative estimate of drug-likeness (QED) is 0.558. The summed E-state index contributed by atoms with van der Waals surface area (Å²) in [4.78, 5) is 20.1. The maximum absolute atomic E-state index is 11.9. The van der Waals surface area contributed by atoms with Crippen molar-refractivity contribution in [2.24, 2.45) is 10.9 Å². The molecule has 2 aliphatic carbocycles. The highest BCUT2D eigenvalue weighted by molar-refractivity contribution is 5.79. The molecule has 29 heavy (non-hydrogen) atoms. The third-order valence-corrected chi connectivity index (χ3v) is 6.11. The van der Waals surface area contributed by atoms with Crippen LogP contribution >= 0.6 is 0 Å². The van der Waals surface area contributed by atoms with E-state index in [-0.39, 0.29) is 5.56 Å². The first-order valence-corrected chi connectivity index (χ1v) is 10.4. The Morgan fingerprint density at radius 3 is 2.93 bits per heavy atom. The summed E-state index contributed by atoms with van der Waals surface area (Å²) in [5, 5.41) is 0. The van der Waals surface area contributed by atoms with Crippen LogP contribution in [0.5, 0.6) is 0 Å². The largest absolute Gasteiger partial charge is 0.326 e. The van der Waals surface area contributed by atoms with Crippen LogP contribution in [0.4, 0.5) is 0 Å². The molecule has 2 aromatic rings. The standard InChI is InChI=1S/C26H28N2O/c1-4-19-8-6-9-20(15-19)10-7-13-27-26-17-18(3)14-21(22(26)5-2)16-24-23(26)11-12-25(29)28-24/h5-15,21H,4,16-17H2,1-3H3,(H,28,29)/b10-7+,22-5+,27-13+. The fourth-order valence-corrected chi connectivity index (χ4v) is 4.89. The van der Waals surface area contributed by atoms with Crippen LogP contribution in [0.15, 0.2) is 75.6 Å². The number of aromatic nitrogens is 1. The average molecular weight is 385 g/mol. The number of aromatic amines is 1. The molecule has 1 heterocycles. The Morgan fingerprint density at radius 1 is 1.28 bits per heavy atom. The lowest BCUT2D eigenvalue weighted by Gasteiger charge is -2.45. The summed E-state index contributed by atoms with van der Waals surface area (Å²) in [6.45, 7) is 6.46.